The monoisotopic (exact) mass is 347 g/mol. The van der Waals surface area contributed by atoms with Crippen LogP contribution in [0, 0.1) is 19.7 Å². The summed E-state index contributed by atoms with van der Waals surface area (Å²) in [6.07, 6.45) is 0. The molecule has 2 aromatic carbocycles. The molecule has 0 fully saturated rings. The van der Waals surface area contributed by atoms with Crippen LogP contribution < -0.4 is 4.72 Å². The number of nitrogens with zero attached hydrogens (tertiary/aromatic N) is 2. The molecule has 0 atom stereocenters. The number of anilines is 1. The summed E-state index contributed by atoms with van der Waals surface area (Å²) in [7, 11) is -4.11. The fourth-order valence-corrected chi connectivity index (χ4v) is 3.42. The molecule has 124 valence electrons. The first-order chi connectivity index (χ1) is 11.4. The molecule has 0 saturated heterocycles. The molecule has 0 amide bonds. The summed E-state index contributed by atoms with van der Waals surface area (Å²) in [6, 6.07) is 10.4. The van der Waals surface area contributed by atoms with Gasteiger partial charge in [0, 0.05) is 6.92 Å². The van der Waals surface area contributed by atoms with Gasteiger partial charge in [0.1, 0.15) is 10.7 Å². The van der Waals surface area contributed by atoms with Crippen molar-refractivity contribution in [2.24, 2.45) is 0 Å². The third-order valence-electron chi connectivity index (χ3n) is 3.30. The largest absolute Gasteiger partial charge is 0.421 e. The Hall–Kier alpha value is -2.74. The minimum Gasteiger partial charge on any atom is -0.421 e. The van der Waals surface area contributed by atoms with Gasteiger partial charge in [-0.1, -0.05) is 18.2 Å². The highest BCUT2D eigenvalue weighted by molar-refractivity contribution is 7.92. The maximum atomic E-state index is 13.9. The molecule has 8 heteroatoms. The summed E-state index contributed by atoms with van der Waals surface area (Å²) in [5.41, 5.74) is 1.27. The molecule has 0 aliphatic heterocycles. The Morgan fingerprint density at radius 1 is 1.08 bits per heavy atom. The number of hydrogen-bond donors (Lipinski definition) is 1. The van der Waals surface area contributed by atoms with Crippen LogP contribution in [0.25, 0.3) is 11.5 Å². The molecule has 0 aliphatic rings. The number of rotatable bonds is 4. The average molecular weight is 347 g/mol. The second-order valence-electron chi connectivity index (χ2n) is 5.21. The van der Waals surface area contributed by atoms with E-state index in [0.717, 1.165) is 6.07 Å². The number of sulfonamides is 1. The lowest BCUT2D eigenvalue weighted by Gasteiger charge is -2.11. The quantitative estimate of drug-likeness (QED) is 0.783. The number of para-hydroxylation sites is 1. The van der Waals surface area contributed by atoms with E-state index in [1.54, 1.807) is 38.1 Å². The number of benzene rings is 2. The van der Waals surface area contributed by atoms with Gasteiger partial charge in [-0.2, -0.15) is 0 Å². The molecule has 1 N–H and O–H groups in total. The Bertz CT molecular complexity index is 999. The van der Waals surface area contributed by atoms with Gasteiger partial charge in [0.15, 0.2) is 0 Å². The van der Waals surface area contributed by atoms with Crippen molar-refractivity contribution < 1.29 is 17.2 Å². The van der Waals surface area contributed by atoms with Crippen LogP contribution in [0.3, 0.4) is 0 Å². The Morgan fingerprint density at radius 3 is 2.54 bits per heavy atom. The lowest BCUT2D eigenvalue weighted by Crippen LogP contribution is -2.15. The van der Waals surface area contributed by atoms with Gasteiger partial charge in [-0.3, -0.25) is 4.72 Å². The Morgan fingerprint density at radius 2 is 1.83 bits per heavy atom. The highest BCUT2D eigenvalue weighted by Crippen LogP contribution is 2.29. The summed E-state index contributed by atoms with van der Waals surface area (Å²) in [5, 5.41) is 7.62. The molecule has 3 aromatic rings. The van der Waals surface area contributed by atoms with E-state index in [1.165, 1.54) is 12.1 Å². The van der Waals surface area contributed by atoms with Crippen LogP contribution in [0.1, 0.15) is 11.5 Å². The predicted molar refractivity (Wildman–Crippen MR) is 86.4 cm³/mol. The van der Waals surface area contributed by atoms with Gasteiger partial charge in [-0.05, 0) is 36.8 Å². The summed E-state index contributed by atoms with van der Waals surface area (Å²) in [4.78, 5) is -0.418. The van der Waals surface area contributed by atoms with Gasteiger partial charge in [0.2, 0.25) is 11.8 Å². The molecule has 0 unspecified atom stereocenters. The molecule has 1 aromatic heterocycles. The van der Waals surface area contributed by atoms with Crippen LogP contribution in [0.2, 0.25) is 0 Å². The molecule has 1 heterocycles. The van der Waals surface area contributed by atoms with Crippen LogP contribution in [-0.4, -0.2) is 18.6 Å². The molecule has 0 aliphatic carbocycles. The third kappa shape index (κ3) is 3.13. The van der Waals surface area contributed by atoms with E-state index in [9.17, 15) is 12.8 Å². The minimum absolute atomic E-state index is 0.176. The normalized spacial score (nSPS) is 11.5. The first-order valence-electron chi connectivity index (χ1n) is 7.05. The highest BCUT2D eigenvalue weighted by atomic mass is 32.2. The predicted octanol–water partition coefficient (Wildman–Crippen LogP) is 3.29. The van der Waals surface area contributed by atoms with E-state index in [0.29, 0.717) is 17.0 Å². The van der Waals surface area contributed by atoms with Crippen molar-refractivity contribution in [3.8, 4) is 11.5 Å². The van der Waals surface area contributed by atoms with Gasteiger partial charge in [0.25, 0.3) is 10.0 Å². The Kier molecular flexibility index (Phi) is 4.06. The highest BCUT2D eigenvalue weighted by Gasteiger charge is 2.22. The second kappa shape index (κ2) is 6.04. The van der Waals surface area contributed by atoms with E-state index in [4.69, 9.17) is 4.42 Å². The van der Waals surface area contributed by atoms with E-state index < -0.39 is 20.7 Å². The van der Waals surface area contributed by atoms with Crippen molar-refractivity contribution in [2.45, 2.75) is 18.7 Å². The maximum Gasteiger partial charge on any atom is 0.264 e. The van der Waals surface area contributed by atoms with E-state index >= 15 is 0 Å². The van der Waals surface area contributed by atoms with Crippen LogP contribution in [0.4, 0.5) is 10.1 Å². The van der Waals surface area contributed by atoms with Gasteiger partial charge in [-0.15, -0.1) is 10.2 Å². The molecule has 3 rings (SSSR count). The van der Waals surface area contributed by atoms with E-state index in [2.05, 4.69) is 14.9 Å². The average Bonchev–Trinajstić information content (AvgIpc) is 2.96. The number of aromatic nitrogens is 2. The fourth-order valence-electron chi connectivity index (χ4n) is 2.18. The van der Waals surface area contributed by atoms with Crippen molar-refractivity contribution in [3.05, 3.63) is 59.7 Å². The van der Waals surface area contributed by atoms with E-state index in [-0.39, 0.29) is 11.6 Å². The first-order valence-corrected chi connectivity index (χ1v) is 8.53. The van der Waals surface area contributed by atoms with Crippen molar-refractivity contribution in [1.82, 2.24) is 10.2 Å². The second-order valence-corrected chi connectivity index (χ2v) is 6.86. The molecule has 0 radical (unpaired) electrons. The summed E-state index contributed by atoms with van der Waals surface area (Å²) < 4.78 is 46.8. The molecular formula is C16H14FN3O3S. The van der Waals surface area contributed by atoms with Crippen LogP contribution in [-0.2, 0) is 10.0 Å². The minimum atomic E-state index is -4.11. The smallest absolute Gasteiger partial charge is 0.264 e. The van der Waals surface area contributed by atoms with Crippen LogP contribution in [0.15, 0.2) is 51.8 Å². The molecule has 0 saturated carbocycles. The standard InChI is InChI=1S/C16H14FN3O3S/c1-10-7-8-13(17)15(9-10)24(21,22)20-14-6-4-3-5-12(14)16-19-18-11(2)23-16/h3-9,20H,1-2H3. The molecule has 6 nitrogen and oxygen atoms in total. The number of nitrogens with one attached hydrogen (secondary N) is 1. The summed E-state index contributed by atoms with van der Waals surface area (Å²) in [6.45, 7) is 3.32. The van der Waals surface area contributed by atoms with Crippen molar-refractivity contribution >= 4 is 15.7 Å². The summed E-state index contributed by atoms with van der Waals surface area (Å²) >= 11 is 0. The number of aryl methyl sites for hydroxylation is 2. The van der Waals surface area contributed by atoms with Crippen molar-refractivity contribution in [2.75, 3.05) is 4.72 Å². The lowest BCUT2D eigenvalue weighted by molar-refractivity contribution is 0.533. The molecule has 0 bridgehead atoms. The Balaban J connectivity index is 2.04. The first kappa shape index (κ1) is 16.1. The zero-order valence-corrected chi connectivity index (χ0v) is 13.8. The summed E-state index contributed by atoms with van der Waals surface area (Å²) in [5.74, 6) is -0.290. The lowest BCUT2D eigenvalue weighted by atomic mass is 10.2. The molecular weight excluding hydrogens is 333 g/mol. The van der Waals surface area contributed by atoms with Gasteiger partial charge < -0.3 is 4.42 Å². The molecule has 0 spiro atoms. The van der Waals surface area contributed by atoms with Gasteiger partial charge >= 0.3 is 0 Å². The zero-order chi connectivity index (χ0) is 17.3. The van der Waals surface area contributed by atoms with Gasteiger partial charge in [-0.25, -0.2) is 12.8 Å². The fraction of sp³-hybridized carbons (Fsp3) is 0.125. The topological polar surface area (TPSA) is 85.1 Å². The maximum absolute atomic E-state index is 13.9. The van der Waals surface area contributed by atoms with Crippen LogP contribution >= 0.6 is 0 Å². The van der Waals surface area contributed by atoms with Crippen molar-refractivity contribution in [1.29, 1.82) is 0 Å². The third-order valence-corrected chi connectivity index (χ3v) is 4.68. The van der Waals surface area contributed by atoms with Crippen molar-refractivity contribution in [3.63, 3.8) is 0 Å². The zero-order valence-electron chi connectivity index (χ0n) is 12.9. The van der Waals surface area contributed by atoms with E-state index in [1.807, 2.05) is 0 Å². The van der Waals surface area contributed by atoms with Crippen LogP contribution in [0.5, 0.6) is 0 Å². The Labute approximate surface area is 138 Å². The van der Waals surface area contributed by atoms with Gasteiger partial charge in [0.05, 0.1) is 11.3 Å². The molecule has 24 heavy (non-hydrogen) atoms. The number of hydrogen-bond acceptors (Lipinski definition) is 5. The SMILES string of the molecule is Cc1ccc(F)c(S(=O)(=O)Nc2ccccc2-c2nnc(C)o2)c1. The number of halogens is 1.